The van der Waals surface area contributed by atoms with Gasteiger partial charge in [-0.25, -0.2) is 0 Å². The zero-order chi connectivity index (χ0) is 12.8. The monoisotopic (exact) mass is 248 g/mol. The summed E-state index contributed by atoms with van der Waals surface area (Å²) in [7, 11) is 2.13. The second kappa shape index (κ2) is 4.30. The molecule has 1 N–H and O–H groups in total. The fourth-order valence-corrected chi connectivity index (χ4v) is 3.34. The molecule has 0 spiro atoms. The van der Waals surface area contributed by atoms with E-state index in [2.05, 4.69) is 16.9 Å². The lowest BCUT2D eigenvalue weighted by Gasteiger charge is -2.50. The highest BCUT2D eigenvalue weighted by Gasteiger charge is 2.46. The normalized spacial score (nSPS) is 36.6. The van der Waals surface area contributed by atoms with E-state index in [0.29, 0.717) is 25.3 Å². The number of nitrogens with zero attached hydrogens (tertiary/aromatic N) is 2. The summed E-state index contributed by atoms with van der Waals surface area (Å²) in [6, 6.07) is 4.53. The first-order valence-electron chi connectivity index (χ1n) is 6.54. The minimum absolute atomic E-state index is 0.308. The van der Waals surface area contributed by atoms with E-state index < -0.39 is 5.60 Å². The Morgan fingerprint density at radius 3 is 2.67 bits per heavy atom. The van der Waals surface area contributed by atoms with E-state index in [1.165, 1.54) is 0 Å². The van der Waals surface area contributed by atoms with Crippen LogP contribution in [0.15, 0.2) is 18.3 Å². The van der Waals surface area contributed by atoms with Gasteiger partial charge in [-0.1, -0.05) is 6.07 Å². The molecule has 18 heavy (non-hydrogen) atoms. The van der Waals surface area contributed by atoms with Crippen LogP contribution in [0.2, 0.25) is 0 Å². The predicted octanol–water partition coefficient (Wildman–Crippen LogP) is 1.07. The van der Waals surface area contributed by atoms with Gasteiger partial charge in [-0.2, -0.15) is 0 Å². The molecule has 2 saturated heterocycles. The molecule has 2 aliphatic rings. The summed E-state index contributed by atoms with van der Waals surface area (Å²) in [4.78, 5) is 6.66. The van der Waals surface area contributed by atoms with Gasteiger partial charge in [0.05, 0.1) is 18.8 Å². The smallest absolute Gasteiger partial charge is 0.0945 e. The van der Waals surface area contributed by atoms with Gasteiger partial charge in [0.25, 0.3) is 0 Å². The van der Waals surface area contributed by atoms with E-state index in [4.69, 9.17) is 4.74 Å². The molecular formula is C14H20N2O2. The maximum Gasteiger partial charge on any atom is 0.0945 e. The molecule has 0 aromatic carbocycles. The quantitative estimate of drug-likeness (QED) is 0.807. The summed E-state index contributed by atoms with van der Waals surface area (Å²) in [5.41, 5.74) is 1.17. The van der Waals surface area contributed by atoms with Gasteiger partial charge in [0.15, 0.2) is 0 Å². The van der Waals surface area contributed by atoms with Crippen molar-refractivity contribution in [1.82, 2.24) is 9.88 Å². The van der Waals surface area contributed by atoms with Crippen molar-refractivity contribution in [3.63, 3.8) is 0 Å². The van der Waals surface area contributed by atoms with Crippen molar-refractivity contribution in [1.29, 1.82) is 0 Å². The average molecular weight is 248 g/mol. The number of piperidine rings is 1. The Labute approximate surface area is 108 Å². The maximum atomic E-state index is 11.0. The first-order valence-corrected chi connectivity index (χ1v) is 6.54. The average Bonchev–Trinajstić information content (AvgIpc) is 2.32. The van der Waals surface area contributed by atoms with Crippen molar-refractivity contribution in [2.24, 2.45) is 0 Å². The number of likely N-dealkylation sites (N-methyl/N-ethyl adjacent to an activating group) is 1. The van der Waals surface area contributed by atoms with E-state index in [0.717, 1.165) is 24.1 Å². The fourth-order valence-electron chi connectivity index (χ4n) is 3.34. The van der Waals surface area contributed by atoms with Crippen LogP contribution in [0, 0.1) is 6.92 Å². The summed E-state index contributed by atoms with van der Waals surface area (Å²) in [5.74, 6) is 0. The molecule has 1 aromatic rings. The number of hydrogen-bond donors (Lipinski definition) is 1. The third-order valence-electron chi connectivity index (χ3n) is 4.43. The minimum Gasteiger partial charge on any atom is -0.385 e. The van der Waals surface area contributed by atoms with E-state index >= 15 is 0 Å². The van der Waals surface area contributed by atoms with Crippen LogP contribution in [0.4, 0.5) is 0 Å². The van der Waals surface area contributed by atoms with Crippen molar-refractivity contribution in [3.05, 3.63) is 29.6 Å². The van der Waals surface area contributed by atoms with Crippen molar-refractivity contribution in [2.75, 3.05) is 20.3 Å². The lowest BCUT2D eigenvalue weighted by molar-refractivity contribution is -0.138. The zero-order valence-corrected chi connectivity index (χ0v) is 11.0. The topological polar surface area (TPSA) is 45.6 Å². The molecule has 0 radical (unpaired) electrons. The van der Waals surface area contributed by atoms with E-state index in [-0.39, 0.29) is 0 Å². The Kier molecular flexibility index (Phi) is 2.88. The Hall–Kier alpha value is -0.970. The molecule has 98 valence electrons. The van der Waals surface area contributed by atoms with Crippen LogP contribution in [-0.2, 0) is 10.3 Å². The molecule has 2 bridgehead atoms. The molecule has 2 aliphatic heterocycles. The molecule has 3 rings (SSSR count). The van der Waals surface area contributed by atoms with E-state index in [1.54, 1.807) is 6.20 Å². The lowest BCUT2D eigenvalue weighted by Crippen LogP contribution is -2.59. The van der Waals surface area contributed by atoms with Crippen molar-refractivity contribution in [2.45, 2.75) is 37.5 Å². The molecule has 0 saturated carbocycles. The third kappa shape index (κ3) is 1.85. The Balaban J connectivity index is 1.94. The second-order valence-corrected chi connectivity index (χ2v) is 5.59. The number of morpholine rings is 1. The third-order valence-corrected chi connectivity index (χ3v) is 4.43. The summed E-state index contributed by atoms with van der Waals surface area (Å²) in [6.07, 6.45) is 3.24. The van der Waals surface area contributed by atoms with Gasteiger partial charge < -0.3 is 9.84 Å². The van der Waals surface area contributed by atoms with Crippen molar-refractivity contribution >= 4 is 0 Å². The van der Waals surface area contributed by atoms with Crippen LogP contribution in [0.1, 0.15) is 24.1 Å². The number of rotatable bonds is 1. The molecule has 2 atom stereocenters. The molecule has 4 nitrogen and oxygen atoms in total. The highest BCUT2D eigenvalue weighted by atomic mass is 16.5. The van der Waals surface area contributed by atoms with Gasteiger partial charge >= 0.3 is 0 Å². The molecule has 4 heteroatoms. The lowest BCUT2D eigenvalue weighted by atomic mass is 9.76. The standard InChI is InChI=1S/C14H20N2O2/c1-10-13(4-3-5-15-10)14(17)6-11-8-18-9-12(7-14)16(11)2/h3-5,11-12,17H,6-9H2,1-2H3. The Bertz CT molecular complexity index is 435. The largest absolute Gasteiger partial charge is 0.385 e. The van der Waals surface area contributed by atoms with Crippen molar-refractivity contribution < 1.29 is 9.84 Å². The number of hydrogen-bond acceptors (Lipinski definition) is 4. The highest BCUT2D eigenvalue weighted by molar-refractivity contribution is 5.27. The summed E-state index contributed by atoms with van der Waals surface area (Å²) in [6.45, 7) is 3.40. The van der Waals surface area contributed by atoms with Crippen LogP contribution in [-0.4, -0.2) is 47.3 Å². The van der Waals surface area contributed by atoms with Gasteiger partial charge in [-0.3, -0.25) is 9.88 Å². The minimum atomic E-state index is -0.746. The van der Waals surface area contributed by atoms with Gasteiger partial charge in [0.2, 0.25) is 0 Å². The van der Waals surface area contributed by atoms with Crippen molar-refractivity contribution in [3.8, 4) is 0 Å². The predicted molar refractivity (Wildman–Crippen MR) is 68.3 cm³/mol. The SMILES string of the molecule is Cc1ncccc1C1(O)CC2COCC(C1)N2C. The first kappa shape index (κ1) is 12.1. The highest BCUT2D eigenvalue weighted by Crippen LogP contribution is 2.40. The fraction of sp³-hybridized carbons (Fsp3) is 0.643. The Morgan fingerprint density at radius 1 is 1.39 bits per heavy atom. The van der Waals surface area contributed by atoms with Gasteiger partial charge in [0.1, 0.15) is 0 Å². The second-order valence-electron chi connectivity index (χ2n) is 5.59. The van der Waals surface area contributed by atoms with Crippen LogP contribution in [0.25, 0.3) is 0 Å². The van der Waals surface area contributed by atoms with Gasteiger partial charge in [-0.05, 0) is 32.9 Å². The molecule has 0 amide bonds. The summed E-state index contributed by atoms with van der Waals surface area (Å²) >= 11 is 0. The first-order chi connectivity index (χ1) is 8.60. The number of aryl methyl sites for hydroxylation is 1. The van der Waals surface area contributed by atoms with Gasteiger partial charge in [0, 0.05) is 29.5 Å². The molecule has 0 aliphatic carbocycles. The maximum absolute atomic E-state index is 11.0. The van der Waals surface area contributed by atoms with E-state index in [9.17, 15) is 5.11 Å². The summed E-state index contributed by atoms with van der Waals surface area (Å²) in [5, 5.41) is 11.0. The number of pyridine rings is 1. The van der Waals surface area contributed by atoms with Gasteiger partial charge in [-0.15, -0.1) is 0 Å². The van der Waals surface area contributed by atoms with Crippen LogP contribution in [0.3, 0.4) is 0 Å². The Morgan fingerprint density at radius 2 is 2.06 bits per heavy atom. The van der Waals surface area contributed by atoms with Crippen LogP contribution >= 0.6 is 0 Å². The number of ether oxygens (including phenoxy) is 1. The van der Waals surface area contributed by atoms with E-state index in [1.807, 2.05) is 19.1 Å². The molecule has 3 heterocycles. The molecular weight excluding hydrogens is 228 g/mol. The van der Waals surface area contributed by atoms with Crippen LogP contribution in [0.5, 0.6) is 0 Å². The molecule has 2 unspecified atom stereocenters. The number of fused-ring (bicyclic) bond motifs is 2. The molecule has 1 aromatic heterocycles. The van der Waals surface area contributed by atoms with Crippen LogP contribution < -0.4 is 0 Å². The summed E-state index contributed by atoms with van der Waals surface area (Å²) < 4.78 is 5.60. The number of aliphatic hydroxyl groups is 1. The zero-order valence-electron chi connectivity index (χ0n) is 11.0. The number of aromatic nitrogens is 1. The molecule has 2 fully saturated rings.